The quantitative estimate of drug-likeness (QED) is 0.643. The van der Waals surface area contributed by atoms with Crippen LogP contribution in [0, 0.1) is 12.7 Å². The summed E-state index contributed by atoms with van der Waals surface area (Å²) in [5.74, 6) is -0.491. The molecule has 0 N–H and O–H groups in total. The molecule has 0 bridgehead atoms. The van der Waals surface area contributed by atoms with E-state index in [2.05, 4.69) is 9.44 Å². The van der Waals surface area contributed by atoms with E-state index >= 15 is 0 Å². The Morgan fingerprint density at radius 2 is 1.71 bits per heavy atom. The first kappa shape index (κ1) is 15.2. The molecule has 0 spiro atoms. The fourth-order valence-electron chi connectivity index (χ4n) is 1.66. The van der Waals surface area contributed by atoms with Crippen LogP contribution in [0.2, 0.25) is 0 Å². The Hall–Kier alpha value is -2.21. The fourth-order valence-corrected chi connectivity index (χ4v) is 2.42. The van der Waals surface area contributed by atoms with Gasteiger partial charge in [0.1, 0.15) is 10.7 Å². The van der Waals surface area contributed by atoms with E-state index in [-0.39, 0.29) is 16.2 Å². The van der Waals surface area contributed by atoms with Crippen molar-refractivity contribution in [2.45, 2.75) is 18.7 Å². The van der Waals surface area contributed by atoms with Crippen molar-refractivity contribution in [2.24, 2.45) is 5.16 Å². The lowest BCUT2D eigenvalue weighted by Gasteiger charge is -2.04. The second-order valence-electron chi connectivity index (χ2n) is 4.50. The second kappa shape index (κ2) is 6.05. The highest BCUT2D eigenvalue weighted by Crippen LogP contribution is 2.15. The van der Waals surface area contributed by atoms with Crippen molar-refractivity contribution < 1.29 is 17.1 Å². The van der Waals surface area contributed by atoms with Crippen LogP contribution in [0.15, 0.2) is 58.6 Å². The molecule has 4 nitrogen and oxygen atoms in total. The third kappa shape index (κ3) is 3.66. The van der Waals surface area contributed by atoms with Crippen LogP contribution < -0.4 is 0 Å². The Morgan fingerprint density at radius 1 is 1.10 bits per heavy atom. The smallest absolute Gasteiger partial charge is 0.265 e. The lowest BCUT2D eigenvalue weighted by molar-refractivity contribution is 0.338. The topological polar surface area (TPSA) is 55.7 Å². The van der Waals surface area contributed by atoms with Gasteiger partial charge in [0.2, 0.25) is 0 Å². The monoisotopic (exact) mass is 307 g/mol. The molecule has 0 aliphatic rings. The lowest BCUT2D eigenvalue weighted by atomic mass is 10.1. The maximum Gasteiger partial charge on any atom is 0.358 e. The van der Waals surface area contributed by atoms with Gasteiger partial charge >= 0.3 is 10.1 Å². The molecule has 0 aliphatic heterocycles. The SMILES string of the molecule is CC(=NOS(=O)(=O)c1ccc(C)cc1)c1ccccc1F. The molecule has 0 aromatic heterocycles. The van der Waals surface area contributed by atoms with Crippen molar-refractivity contribution in [2.75, 3.05) is 0 Å². The number of oxime groups is 1. The van der Waals surface area contributed by atoms with Crippen molar-refractivity contribution >= 4 is 15.8 Å². The minimum atomic E-state index is -4.00. The minimum Gasteiger partial charge on any atom is -0.265 e. The first-order valence-corrected chi connectivity index (χ1v) is 7.61. The first-order valence-electron chi connectivity index (χ1n) is 6.20. The van der Waals surface area contributed by atoms with Gasteiger partial charge in [-0.05, 0) is 32.0 Å². The largest absolute Gasteiger partial charge is 0.358 e. The zero-order valence-electron chi connectivity index (χ0n) is 11.6. The van der Waals surface area contributed by atoms with Gasteiger partial charge in [0.05, 0.1) is 5.71 Å². The number of hydrogen-bond donors (Lipinski definition) is 0. The van der Waals surface area contributed by atoms with Gasteiger partial charge in [-0.2, -0.15) is 8.42 Å². The van der Waals surface area contributed by atoms with Crippen molar-refractivity contribution in [3.8, 4) is 0 Å². The Labute approximate surface area is 123 Å². The molecule has 0 amide bonds. The predicted molar refractivity (Wildman–Crippen MR) is 78.1 cm³/mol. The second-order valence-corrected chi connectivity index (χ2v) is 6.03. The first-order chi connectivity index (χ1) is 9.90. The molecule has 0 fully saturated rings. The number of benzene rings is 2. The van der Waals surface area contributed by atoms with E-state index in [1.54, 1.807) is 18.2 Å². The molecule has 6 heteroatoms. The van der Waals surface area contributed by atoms with E-state index in [1.165, 1.54) is 37.3 Å². The third-order valence-electron chi connectivity index (χ3n) is 2.85. The Kier molecular flexibility index (Phi) is 4.37. The maximum atomic E-state index is 13.5. The summed E-state index contributed by atoms with van der Waals surface area (Å²) in [6.07, 6.45) is 0. The molecule has 21 heavy (non-hydrogen) atoms. The van der Waals surface area contributed by atoms with Gasteiger partial charge in [-0.25, -0.2) is 4.39 Å². The zero-order chi connectivity index (χ0) is 15.5. The van der Waals surface area contributed by atoms with Gasteiger partial charge in [0.15, 0.2) is 0 Å². The average molecular weight is 307 g/mol. The van der Waals surface area contributed by atoms with Crippen LogP contribution in [0.3, 0.4) is 0 Å². The molecule has 2 aromatic carbocycles. The van der Waals surface area contributed by atoms with Gasteiger partial charge in [-0.15, -0.1) is 0 Å². The van der Waals surface area contributed by atoms with Crippen molar-refractivity contribution in [1.29, 1.82) is 0 Å². The molecule has 0 unspecified atom stereocenters. The molecule has 2 aromatic rings. The summed E-state index contributed by atoms with van der Waals surface area (Å²) >= 11 is 0. The maximum absolute atomic E-state index is 13.5. The summed E-state index contributed by atoms with van der Waals surface area (Å²) in [6, 6.07) is 12.1. The van der Waals surface area contributed by atoms with Gasteiger partial charge in [0, 0.05) is 5.56 Å². The van der Waals surface area contributed by atoms with E-state index in [0.29, 0.717) is 0 Å². The molecule has 110 valence electrons. The Balaban J connectivity index is 2.23. The van der Waals surface area contributed by atoms with Crippen molar-refractivity contribution in [3.63, 3.8) is 0 Å². The summed E-state index contributed by atoms with van der Waals surface area (Å²) < 4.78 is 42.0. The highest BCUT2D eigenvalue weighted by Gasteiger charge is 2.16. The average Bonchev–Trinajstić information content (AvgIpc) is 2.46. The predicted octanol–water partition coefficient (Wildman–Crippen LogP) is 3.26. The van der Waals surface area contributed by atoms with Gasteiger partial charge < -0.3 is 0 Å². The summed E-state index contributed by atoms with van der Waals surface area (Å²) in [4.78, 5) is -0.00168. The number of rotatable bonds is 4. The summed E-state index contributed by atoms with van der Waals surface area (Å²) in [5, 5.41) is 3.51. The van der Waals surface area contributed by atoms with E-state index in [0.717, 1.165) is 5.56 Å². The summed E-state index contributed by atoms with van der Waals surface area (Å²) in [5.41, 5.74) is 1.26. The van der Waals surface area contributed by atoms with Gasteiger partial charge in [-0.1, -0.05) is 41.1 Å². The van der Waals surface area contributed by atoms with E-state index < -0.39 is 15.9 Å². The fraction of sp³-hybridized carbons (Fsp3) is 0.133. The molecule has 0 aliphatic carbocycles. The van der Waals surface area contributed by atoms with Crippen LogP contribution in [0.25, 0.3) is 0 Å². The number of aryl methyl sites for hydroxylation is 1. The van der Waals surface area contributed by atoms with E-state index in [9.17, 15) is 12.8 Å². The van der Waals surface area contributed by atoms with Crippen LogP contribution in [0.1, 0.15) is 18.1 Å². The standard InChI is InChI=1S/C15H14FNO3S/c1-11-7-9-13(10-8-11)21(18,19)20-17-12(2)14-5-3-4-6-15(14)16/h3-10H,1-2H3. The van der Waals surface area contributed by atoms with Crippen molar-refractivity contribution in [3.05, 3.63) is 65.5 Å². The lowest BCUT2D eigenvalue weighted by Crippen LogP contribution is -2.06. The molecule has 0 radical (unpaired) electrons. The molecular weight excluding hydrogens is 293 g/mol. The molecule has 2 rings (SSSR count). The number of halogens is 1. The molecule has 0 saturated heterocycles. The van der Waals surface area contributed by atoms with Crippen LogP contribution in [-0.2, 0) is 14.4 Å². The van der Waals surface area contributed by atoms with Gasteiger partial charge in [0.25, 0.3) is 0 Å². The number of hydrogen-bond acceptors (Lipinski definition) is 4. The third-order valence-corrected chi connectivity index (χ3v) is 3.97. The highest BCUT2D eigenvalue weighted by atomic mass is 32.2. The molecule has 0 atom stereocenters. The Morgan fingerprint density at radius 3 is 2.33 bits per heavy atom. The number of nitrogens with zero attached hydrogens (tertiary/aromatic N) is 1. The summed E-state index contributed by atoms with van der Waals surface area (Å²) in [6.45, 7) is 3.32. The van der Waals surface area contributed by atoms with E-state index in [4.69, 9.17) is 0 Å². The molecule has 0 saturated carbocycles. The highest BCUT2D eigenvalue weighted by molar-refractivity contribution is 7.86. The minimum absolute atomic E-state index is 0.00168. The van der Waals surface area contributed by atoms with Gasteiger partial charge in [-0.3, -0.25) is 4.28 Å². The Bertz CT molecular complexity index is 768. The van der Waals surface area contributed by atoms with Crippen LogP contribution in [0.4, 0.5) is 4.39 Å². The normalized spacial score (nSPS) is 12.2. The zero-order valence-corrected chi connectivity index (χ0v) is 12.4. The summed E-state index contributed by atoms with van der Waals surface area (Å²) in [7, 11) is -4.00. The van der Waals surface area contributed by atoms with Crippen molar-refractivity contribution in [1.82, 2.24) is 0 Å². The van der Waals surface area contributed by atoms with Crippen LogP contribution >= 0.6 is 0 Å². The van der Waals surface area contributed by atoms with Crippen LogP contribution in [-0.4, -0.2) is 14.1 Å². The molecule has 0 heterocycles. The van der Waals surface area contributed by atoms with E-state index in [1.807, 2.05) is 6.92 Å². The molecular formula is C15H14FNO3S. The van der Waals surface area contributed by atoms with Crippen LogP contribution in [0.5, 0.6) is 0 Å².